The molecule has 1 unspecified atom stereocenters. The van der Waals surface area contributed by atoms with Gasteiger partial charge in [-0.3, -0.25) is 0 Å². The maximum absolute atomic E-state index is 3.48. The van der Waals surface area contributed by atoms with Gasteiger partial charge < -0.3 is 15.1 Å². The summed E-state index contributed by atoms with van der Waals surface area (Å²) in [6, 6.07) is 0.789. The van der Waals surface area contributed by atoms with Crippen molar-refractivity contribution in [3.05, 3.63) is 0 Å². The van der Waals surface area contributed by atoms with Crippen LogP contribution in [0.1, 0.15) is 51.4 Å². The van der Waals surface area contributed by atoms with Crippen LogP contribution in [0.3, 0.4) is 0 Å². The minimum Gasteiger partial charge on any atom is -0.319 e. The highest BCUT2D eigenvalue weighted by Crippen LogP contribution is 2.35. The third-order valence-electron chi connectivity index (χ3n) is 5.52. The Morgan fingerprint density at radius 1 is 1.15 bits per heavy atom. The zero-order chi connectivity index (χ0) is 14.4. The molecule has 0 aromatic rings. The van der Waals surface area contributed by atoms with Gasteiger partial charge in [0.2, 0.25) is 0 Å². The molecule has 1 N–H and O–H groups in total. The van der Waals surface area contributed by atoms with Crippen molar-refractivity contribution in [3.8, 4) is 0 Å². The van der Waals surface area contributed by atoms with E-state index in [4.69, 9.17) is 0 Å². The third kappa shape index (κ3) is 4.44. The fourth-order valence-corrected chi connectivity index (χ4v) is 4.45. The molecule has 20 heavy (non-hydrogen) atoms. The Morgan fingerprint density at radius 2 is 1.85 bits per heavy atom. The van der Waals surface area contributed by atoms with Crippen molar-refractivity contribution in [2.45, 2.75) is 57.4 Å². The molecule has 2 rings (SSSR count). The molecule has 118 valence electrons. The molecule has 2 fully saturated rings. The molecule has 0 bridgehead atoms. The first-order valence-electron chi connectivity index (χ1n) is 8.69. The smallest absolute Gasteiger partial charge is 0.0220 e. The van der Waals surface area contributed by atoms with Gasteiger partial charge in [-0.15, -0.1) is 0 Å². The van der Waals surface area contributed by atoms with Crippen LogP contribution < -0.4 is 5.32 Å². The number of nitrogens with zero attached hydrogens (tertiary/aromatic N) is 2. The summed E-state index contributed by atoms with van der Waals surface area (Å²) in [6.45, 7) is 5.01. The van der Waals surface area contributed by atoms with E-state index in [1.165, 1.54) is 77.5 Å². The van der Waals surface area contributed by atoms with Crippen molar-refractivity contribution in [2.75, 3.05) is 47.3 Å². The van der Waals surface area contributed by atoms with Crippen LogP contribution in [0, 0.1) is 5.41 Å². The number of hydrogen-bond donors (Lipinski definition) is 1. The predicted octanol–water partition coefficient (Wildman–Crippen LogP) is 2.57. The monoisotopic (exact) mass is 281 g/mol. The fraction of sp³-hybridized carbons (Fsp3) is 1.00. The lowest BCUT2D eigenvalue weighted by atomic mass is 9.79. The van der Waals surface area contributed by atoms with Crippen LogP contribution in [0.25, 0.3) is 0 Å². The Labute approximate surface area is 126 Å². The maximum atomic E-state index is 3.48. The highest BCUT2D eigenvalue weighted by Gasteiger charge is 2.32. The molecule has 0 aromatic carbocycles. The first kappa shape index (κ1) is 16.3. The van der Waals surface area contributed by atoms with E-state index < -0.39 is 0 Å². The van der Waals surface area contributed by atoms with Crippen LogP contribution in [0.5, 0.6) is 0 Å². The summed E-state index contributed by atoms with van der Waals surface area (Å²) < 4.78 is 0. The molecule has 0 amide bonds. The van der Waals surface area contributed by atoms with Crippen molar-refractivity contribution in [1.29, 1.82) is 0 Å². The van der Waals surface area contributed by atoms with Crippen LogP contribution in [-0.2, 0) is 0 Å². The molecular formula is C17H35N3. The van der Waals surface area contributed by atoms with Gasteiger partial charge in [-0.2, -0.15) is 0 Å². The average Bonchev–Trinajstić information content (AvgIpc) is 2.67. The van der Waals surface area contributed by atoms with Gasteiger partial charge in [0.05, 0.1) is 0 Å². The number of rotatable bonds is 6. The second kappa shape index (κ2) is 7.77. The summed E-state index contributed by atoms with van der Waals surface area (Å²) in [5.74, 6) is 0. The van der Waals surface area contributed by atoms with Gasteiger partial charge in [-0.05, 0) is 58.8 Å². The van der Waals surface area contributed by atoms with Gasteiger partial charge in [0, 0.05) is 25.7 Å². The summed E-state index contributed by atoms with van der Waals surface area (Å²) in [6.07, 6.45) is 11.4. The van der Waals surface area contributed by atoms with Crippen LogP contribution >= 0.6 is 0 Å². The molecule has 2 aliphatic rings. The number of nitrogens with one attached hydrogen (secondary N) is 1. The highest BCUT2D eigenvalue weighted by molar-refractivity contribution is 4.88. The SMILES string of the molecule is CNCC1(CN(C)CC2CCCN2C)CCCCCC1. The lowest BCUT2D eigenvalue weighted by molar-refractivity contribution is 0.126. The lowest BCUT2D eigenvalue weighted by Gasteiger charge is -2.38. The number of hydrogen-bond acceptors (Lipinski definition) is 3. The molecule has 1 saturated carbocycles. The summed E-state index contributed by atoms with van der Waals surface area (Å²) in [4.78, 5) is 5.17. The normalized spacial score (nSPS) is 27.9. The Hall–Kier alpha value is -0.120. The van der Waals surface area contributed by atoms with Crippen molar-refractivity contribution >= 4 is 0 Å². The topological polar surface area (TPSA) is 18.5 Å². The van der Waals surface area contributed by atoms with Gasteiger partial charge in [0.25, 0.3) is 0 Å². The predicted molar refractivity (Wildman–Crippen MR) is 87.2 cm³/mol. The van der Waals surface area contributed by atoms with Crippen molar-refractivity contribution < 1.29 is 0 Å². The van der Waals surface area contributed by atoms with E-state index in [-0.39, 0.29) is 0 Å². The zero-order valence-corrected chi connectivity index (χ0v) is 14.0. The summed E-state index contributed by atoms with van der Waals surface area (Å²) >= 11 is 0. The van der Waals surface area contributed by atoms with E-state index in [1.807, 2.05) is 0 Å². The maximum Gasteiger partial charge on any atom is 0.0220 e. The lowest BCUT2D eigenvalue weighted by Crippen LogP contribution is -2.45. The second-order valence-corrected chi connectivity index (χ2v) is 7.42. The average molecular weight is 281 g/mol. The van der Waals surface area contributed by atoms with Crippen molar-refractivity contribution in [2.24, 2.45) is 5.41 Å². The number of likely N-dealkylation sites (tertiary alicyclic amines) is 1. The van der Waals surface area contributed by atoms with Gasteiger partial charge in [0.15, 0.2) is 0 Å². The van der Waals surface area contributed by atoms with Crippen LogP contribution in [0.4, 0.5) is 0 Å². The van der Waals surface area contributed by atoms with E-state index in [0.717, 1.165) is 6.04 Å². The van der Waals surface area contributed by atoms with Gasteiger partial charge in [-0.25, -0.2) is 0 Å². The Morgan fingerprint density at radius 3 is 2.40 bits per heavy atom. The van der Waals surface area contributed by atoms with E-state index in [1.54, 1.807) is 0 Å². The standard InChI is InChI=1S/C17H35N3/c1-18-14-17(10-6-4-5-7-11-17)15-19(2)13-16-9-8-12-20(16)3/h16,18H,4-15H2,1-3H3. The first-order chi connectivity index (χ1) is 9.65. The largest absolute Gasteiger partial charge is 0.319 e. The molecule has 1 aliphatic carbocycles. The second-order valence-electron chi connectivity index (χ2n) is 7.42. The quantitative estimate of drug-likeness (QED) is 0.755. The number of likely N-dealkylation sites (N-methyl/N-ethyl adjacent to an activating group) is 2. The van der Waals surface area contributed by atoms with E-state index in [2.05, 4.69) is 36.3 Å². The minimum atomic E-state index is 0.525. The Bertz CT molecular complexity index is 271. The van der Waals surface area contributed by atoms with Crippen LogP contribution in [-0.4, -0.2) is 63.2 Å². The molecular weight excluding hydrogens is 246 g/mol. The molecule has 1 saturated heterocycles. The summed E-state index contributed by atoms with van der Waals surface area (Å²) in [7, 11) is 6.76. The minimum absolute atomic E-state index is 0.525. The fourth-order valence-electron chi connectivity index (χ4n) is 4.45. The van der Waals surface area contributed by atoms with Gasteiger partial charge >= 0.3 is 0 Å². The molecule has 3 heteroatoms. The Balaban J connectivity index is 1.89. The van der Waals surface area contributed by atoms with Gasteiger partial charge in [-0.1, -0.05) is 25.7 Å². The molecule has 1 atom stereocenters. The van der Waals surface area contributed by atoms with E-state index >= 15 is 0 Å². The van der Waals surface area contributed by atoms with Gasteiger partial charge in [0.1, 0.15) is 0 Å². The highest BCUT2D eigenvalue weighted by atomic mass is 15.2. The van der Waals surface area contributed by atoms with Crippen molar-refractivity contribution in [3.63, 3.8) is 0 Å². The Kier molecular flexibility index (Phi) is 6.31. The molecule has 0 aromatic heterocycles. The van der Waals surface area contributed by atoms with E-state index in [0.29, 0.717) is 5.41 Å². The van der Waals surface area contributed by atoms with Crippen molar-refractivity contribution in [1.82, 2.24) is 15.1 Å². The van der Waals surface area contributed by atoms with Crippen LogP contribution in [0.2, 0.25) is 0 Å². The third-order valence-corrected chi connectivity index (χ3v) is 5.52. The molecule has 3 nitrogen and oxygen atoms in total. The zero-order valence-electron chi connectivity index (χ0n) is 14.0. The molecule has 1 aliphatic heterocycles. The molecule has 0 spiro atoms. The summed E-state index contributed by atoms with van der Waals surface area (Å²) in [5, 5.41) is 3.48. The summed E-state index contributed by atoms with van der Waals surface area (Å²) in [5.41, 5.74) is 0.525. The van der Waals surface area contributed by atoms with E-state index in [9.17, 15) is 0 Å². The molecule has 0 radical (unpaired) electrons. The van der Waals surface area contributed by atoms with Crippen LogP contribution in [0.15, 0.2) is 0 Å². The molecule has 1 heterocycles. The first-order valence-corrected chi connectivity index (χ1v) is 8.69.